The Morgan fingerprint density at radius 2 is 2.12 bits per heavy atom. The van der Waals surface area contributed by atoms with Crippen molar-refractivity contribution in [2.45, 2.75) is 32.6 Å². The number of carbonyl (C=O) groups is 1. The van der Waals surface area contributed by atoms with Crippen molar-refractivity contribution >= 4 is 28.4 Å². The molecule has 0 saturated carbocycles. The molecule has 0 aliphatic rings. The molecule has 4 heteroatoms. The molecule has 0 aliphatic heterocycles. The molecule has 1 rings (SSSR count). The molecule has 0 radical (unpaired) electrons. The third-order valence-corrected chi connectivity index (χ3v) is 3.17. The molecule has 0 aliphatic carbocycles. The number of ketones is 1. The predicted molar refractivity (Wildman–Crippen MR) is 69.3 cm³/mol. The van der Waals surface area contributed by atoms with E-state index in [1.54, 1.807) is 0 Å². The van der Waals surface area contributed by atoms with Crippen LogP contribution in [0.1, 0.15) is 43.0 Å². The van der Waals surface area contributed by atoms with Crippen LogP contribution in [0.15, 0.2) is 12.1 Å². The summed E-state index contributed by atoms with van der Waals surface area (Å²) < 4.78 is 13.6. The number of phenolic OH excluding ortho intramolecular Hbond substituents is 1. The minimum absolute atomic E-state index is 0.0646. The van der Waals surface area contributed by atoms with Gasteiger partial charge in [0.05, 0.1) is 3.57 Å². The SMILES string of the molecule is CCCCCC(=O)c1cc(F)c(O)c(I)c1. The summed E-state index contributed by atoms with van der Waals surface area (Å²) in [5.74, 6) is -1.18. The molecule has 1 N–H and O–H groups in total. The first kappa shape index (κ1) is 13.4. The Balaban J connectivity index is 2.76. The Labute approximate surface area is 108 Å². The molecule has 2 nitrogen and oxygen atoms in total. The summed E-state index contributed by atoms with van der Waals surface area (Å²) in [5, 5.41) is 9.23. The van der Waals surface area contributed by atoms with E-state index in [1.807, 2.05) is 22.6 Å². The second-order valence-corrected chi connectivity index (χ2v) is 4.83. The standard InChI is InChI=1S/C12H14FIO2/c1-2-3-4-5-11(15)8-6-9(13)12(16)10(14)7-8/h6-7,16H,2-5H2,1H3. The predicted octanol–water partition coefficient (Wildman–Crippen LogP) is 3.90. The van der Waals surface area contributed by atoms with Crippen LogP contribution in [-0.4, -0.2) is 10.9 Å². The van der Waals surface area contributed by atoms with Gasteiger partial charge in [0, 0.05) is 12.0 Å². The summed E-state index contributed by atoms with van der Waals surface area (Å²) in [6, 6.07) is 2.62. The number of aromatic hydroxyl groups is 1. The Bertz CT molecular complexity index is 368. The quantitative estimate of drug-likeness (QED) is 0.503. The zero-order valence-electron chi connectivity index (χ0n) is 9.09. The average Bonchev–Trinajstić information content (AvgIpc) is 2.25. The lowest BCUT2D eigenvalue weighted by molar-refractivity contribution is 0.0978. The van der Waals surface area contributed by atoms with E-state index in [4.69, 9.17) is 0 Å². The Hall–Kier alpha value is -0.650. The van der Waals surface area contributed by atoms with Gasteiger partial charge in [0.1, 0.15) is 0 Å². The van der Waals surface area contributed by atoms with Gasteiger partial charge in [-0.2, -0.15) is 0 Å². The molecule has 1 aromatic carbocycles. The fourth-order valence-corrected chi connectivity index (χ4v) is 2.00. The van der Waals surface area contributed by atoms with Crippen LogP contribution in [0.25, 0.3) is 0 Å². The molecular formula is C12H14FIO2. The van der Waals surface area contributed by atoms with Crippen LogP contribution in [0.5, 0.6) is 5.75 Å². The number of rotatable bonds is 5. The number of halogens is 2. The Kier molecular flexibility index (Phi) is 5.18. The normalized spacial score (nSPS) is 10.4. The second kappa shape index (κ2) is 6.18. The number of phenols is 1. The molecule has 16 heavy (non-hydrogen) atoms. The minimum Gasteiger partial charge on any atom is -0.504 e. The third-order valence-electron chi connectivity index (χ3n) is 2.35. The fraction of sp³-hybridized carbons (Fsp3) is 0.417. The summed E-state index contributed by atoms with van der Waals surface area (Å²) in [4.78, 5) is 11.7. The molecule has 0 fully saturated rings. The third kappa shape index (κ3) is 3.43. The molecular weight excluding hydrogens is 322 g/mol. The molecule has 0 aromatic heterocycles. The van der Waals surface area contributed by atoms with Gasteiger partial charge < -0.3 is 5.11 Å². The van der Waals surface area contributed by atoms with Crippen molar-refractivity contribution in [3.05, 3.63) is 27.1 Å². The van der Waals surface area contributed by atoms with E-state index in [9.17, 15) is 14.3 Å². The summed E-state index contributed by atoms with van der Waals surface area (Å²) in [5.41, 5.74) is 0.343. The van der Waals surface area contributed by atoms with Gasteiger partial charge in [-0.3, -0.25) is 4.79 Å². The van der Waals surface area contributed by atoms with Crippen LogP contribution < -0.4 is 0 Å². The first-order valence-corrected chi connectivity index (χ1v) is 6.35. The highest BCUT2D eigenvalue weighted by atomic mass is 127. The highest BCUT2D eigenvalue weighted by Crippen LogP contribution is 2.25. The topological polar surface area (TPSA) is 37.3 Å². The Morgan fingerprint density at radius 1 is 1.44 bits per heavy atom. The van der Waals surface area contributed by atoms with Crippen LogP contribution in [-0.2, 0) is 0 Å². The van der Waals surface area contributed by atoms with Crippen molar-refractivity contribution in [1.82, 2.24) is 0 Å². The first-order chi connectivity index (χ1) is 7.56. The molecule has 0 heterocycles. The van der Waals surface area contributed by atoms with Gasteiger partial charge in [0.2, 0.25) is 0 Å². The number of benzene rings is 1. The lowest BCUT2D eigenvalue weighted by Crippen LogP contribution is -2.00. The van der Waals surface area contributed by atoms with Crippen LogP contribution in [0.4, 0.5) is 4.39 Å². The summed E-state index contributed by atoms with van der Waals surface area (Å²) >= 11 is 1.81. The van der Waals surface area contributed by atoms with E-state index in [0.717, 1.165) is 25.3 Å². The maximum absolute atomic E-state index is 13.2. The van der Waals surface area contributed by atoms with Gasteiger partial charge in [-0.05, 0) is 41.1 Å². The maximum Gasteiger partial charge on any atom is 0.166 e. The van der Waals surface area contributed by atoms with Crippen molar-refractivity contribution in [3.8, 4) is 5.75 Å². The average molecular weight is 336 g/mol. The van der Waals surface area contributed by atoms with Crippen molar-refractivity contribution in [2.75, 3.05) is 0 Å². The van der Waals surface area contributed by atoms with E-state index >= 15 is 0 Å². The van der Waals surface area contributed by atoms with E-state index in [1.165, 1.54) is 6.07 Å². The van der Waals surface area contributed by atoms with E-state index < -0.39 is 5.82 Å². The number of Topliss-reactive ketones (excluding diaryl/α,β-unsaturated/α-hetero) is 1. The smallest absolute Gasteiger partial charge is 0.166 e. The highest BCUT2D eigenvalue weighted by Gasteiger charge is 2.12. The van der Waals surface area contributed by atoms with Crippen molar-refractivity contribution in [3.63, 3.8) is 0 Å². The minimum atomic E-state index is -0.731. The molecule has 0 atom stereocenters. The zero-order valence-corrected chi connectivity index (χ0v) is 11.3. The lowest BCUT2D eigenvalue weighted by Gasteiger charge is -2.04. The van der Waals surface area contributed by atoms with Gasteiger partial charge >= 0.3 is 0 Å². The monoisotopic (exact) mass is 336 g/mol. The van der Waals surface area contributed by atoms with Crippen LogP contribution in [0.3, 0.4) is 0 Å². The van der Waals surface area contributed by atoms with Gasteiger partial charge in [-0.15, -0.1) is 0 Å². The summed E-state index contributed by atoms with van der Waals surface area (Å²) in [7, 11) is 0. The van der Waals surface area contributed by atoms with Crippen molar-refractivity contribution < 1.29 is 14.3 Å². The fourth-order valence-electron chi connectivity index (χ4n) is 1.41. The second-order valence-electron chi connectivity index (χ2n) is 3.67. The maximum atomic E-state index is 13.2. The number of unbranched alkanes of at least 4 members (excludes halogenated alkanes) is 2. The first-order valence-electron chi connectivity index (χ1n) is 5.27. The molecule has 0 unspecified atom stereocenters. The van der Waals surface area contributed by atoms with Gasteiger partial charge in [0.25, 0.3) is 0 Å². The zero-order chi connectivity index (χ0) is 12.1. The number of hydrogen-bond acceptors (Lipinski definition) is 2. The number of carbonyl (C=O) groups excluding carboxylic acids is 1. The molecule has 0 spiro atoms. The van der Waals surface area contributed by atoms with Crippen LogP contribution >= 0.6 is 22.6 Å². The van der Waals surface area contributed by atoms with Crippen LogP contribution in [0.2, 0.25) is 0 Å². The summed E-state index contributed by atoms with van der Waals surface area (Å²) in [6.07, 6.45) is 3.32. The molecule has 0 bridgehead atoms. The number of hydrogen-bond donors (Lipinski definition) is 1. The van der Waals surface area contributed by atoms with Gasteiger partial charge in [0.15, 0.2) is 17.3 Å². The van der Waals surface area contributed by atoms with Crippen molar-refractivity contribution in [2.24, 2.45) is 0 Å². The lowest BCUT2D eigenvalue weighted by atomic mass is 10.0. The van der Waals surface area contributed by atoms with Gasteiger partial charge in [-0.1, -0.05) is 19.8 Å². The highest BCUT2D eigenvalue weighted by molar-refractivity contribution is 14.1. The van der Waals surface area contributed by atoms with Crippen LogP contribution in [0, 0.1) is 9.39 Å². The molecule has 0 amide bonds. The van der Waals surface area contributed by atoms with E-state index in [-0.39, 0.29) is 11.5 Å². The molecule has 88 valence electrons. The Morgan fingerprint density at radius 3 is 2.69 bits per heavy atom. The molecule has 1 aromatic rings. The largest absolute Gasteiger partial charge is 0.504 e. The van der Waals surface area contributed by atoms with E-state index in [2.05, 4.69) is 6.92 Å². The van der Waals surface area contributed by atoms with Gasteiger partial charge in [-0.25, -0.2) is 4.39 Å². The van der Waals surface area contributed by atoms with E-state index in [0.29, 0.717) is 15.6 Å². The molecule has 0 saturated heterocycles. The summed E-state index contributed by atoms with van der Waals surface area (Å²) in [6.45, 7) is 2.06. The van der Waals surface area contributed by atoms with Crippen molar-refractivity contribution in [1.29, 1.82) is 0 Å².